The van der Waals surface area contributed by atoms with Crippen molar-refractivity contribution in [1.29, 1.82) is 0 Å². The van der Waals surface area contributed by atoms with Gasteiger partial charge in [0, 0.05) is 12.5 Å². The summed E-state index contributed by atoms with van der Waals surface area (Å²) in [5, 5.41) is 0. The molecule has 0 spiro atoms. The highest BCUT2D eigenvalue weighted by molar-refractivity contribution is 5.98. The van der Waals surface area contributed by atoms with Gasteiger partial charge in [0.05, 0.1) is 20.8 Å². The Morgan fingerprint density at radius 3 is 2.00 bits per heavy atom. The molecular formula is C12H15NO5. The van der Waals surface area contributed by atoms with Crippen LogP contribution in [0, 0.1) is 0 Å². The van der Waals surface area contributed by atoms with Crippen molar-refractivity contribution in [3.8, 4) is 17.2 Å². The molecule has 0 heterocycles. The first-order chi connectivity index (χ1) is 8.53. The molecule has 1 aromatic rings. The first-order valence-electron chi connectivity index (χ1n) is 5.21. The molecule has 18 heavy (non-hydrogen) atoms. The van der Waals surface area contributed by atoms with Crippen LogP contribution in [0.1, 0.15) is 17.3 Å². The zero-order valence-corrected chi connectivity index (χ0v) is 10.5. The summed E-state index contributed by atoms with van der Waals surface area (Å²) in [4.78, 5) is 22.5. The molecule has 0 unspecified atom stereocenters. The summed E-state index contributed by atoms with van der Waals surface area (Å²) in [5.41, 5.74) is 5.62. The summed E-state index contributed by atoms with van der Waals surface area (Å²) in [6.07, 6.45) is 0. The molecule has 0 amide bonds. The largest absolute Gasteiger partial charge is 0.493 e. The van der Waals surface area contributed by atoms with E-state index in [1.807, 2.05) is 0 Å². The van der Waals surface area contributed by atoms with E-state index in [4.69, 9.17) is 19.9 Å². The van der Waals surface area contributed by atoms with Crippen molar-refractivity contribution in [3.63, 3.8) is 0 Å². The first-order valence-corrected chi connectivity index (χ1v) is 5.21. The van der Waals surface area contributed by atoms with Crippen molar-refractivity contribution in [1.82, 2.24) is 0 Å². The van der Waals surface area contributed by atoms with Gasteiger partial charge in [-0.15, -0.1) is 0 Å². The first kappa shape index (κ1) is 14.0. The molecule has 2 N–H and O–H groups in total. The van der Waals surface area contributed by atoms with Crippen molar-refractivity contribution >= 4 is 11.8 Å². The van der Waals surface area contributed by atoms with Crippen molar-refractivity contribution in [2.45, 2.75) is 6.92 Å². The van der Waals surface area contributed by atoms with E-state index in [1.54, 1.807) is 0 Å². The molecular weight excluding hydrogens is 238 g/mol. The minimum absolute atomic E-state index is 0.126. The third-order valence-electron chi connectivity index (χ3n) is 2.21. The Morgan fingerprint density at radius 1 is 1.17 bits per heavy atom. The Hall–Kier alpha value is -2.08. The lowest BCUT2D eigenvalue weighted by atomic mass is 10.1. The number of hydrogen-bond acceptors (Lipinski definition) is 6. The second-order valence-corrected chi connectivity index (χ2v) is 3.43. The van der Waals surface area contributed by atoms with E-state index in [2.05, 4.69) is 0 Å². The van der Waals surface area contributed by atoms with Crippen LogP contribution < -0.4 is 19.9 Å². The van der Waals surface area contributed by atoms with E-state index in [0.29, 0.717) is 5.56 Å². The molecule has 0 atom stereocenters. The molecule has 0 saturated carbocycles. The number of esters is 1. The number of ketones is 1. The summed E-state index contributed by atoms with van der Waals surface area (Å²) in [5.74, 6) is -0.158. The number of rotatable bonds is 5. The Morgan fingerprint density at radius 2 is 1.67 bits per heavy atom. The molecule has 6 nitrogen and oxygen atoms in total. The van der Waals surface area contributed by atoms with Gasteiger partial charge in [-0.05, 0) is 12.1 Å². The van der Waals surface area contributed by atoms with E-state index in [-0.39, 0.29) is 29.6 Å². The zero-order valence-electron chi connectivity index (χ0n) is 10.5. The lowest BCUT2D eigenvalue weighted by Gasteiger charge is -2.13. The van der Waals surface area contributed by atoms with Crippen LogP contribution in [0.2, 0.25) is 0 Å². The van der Waals surface area contributed by atoms with Crippen molar-refractivity contribution < 1.29 is 23.8 Å². The van der Waals surface area contributed by atoms with Crippen molar-refractivity contribution in [2.75, 3.05) is 20.8 Å². The fourth-order valence-electron chi connectivity index (χ4n) is 1.40. The number of nitrogens with two attached hydrogens (primary N) is 1. The molecule has 0 bridgehead atoms. The predicted molar refractivity (Wildman–Crippen MR) is 64.2 cm³/mol. The molecule has 0 aliphatic heterocycles. The average molecular weight is 253 g/mol. The number of carbonyl (C=O) groups excluding carboxylic acids is 2. The quantitative estimate of drug-likeness (QED) is 0.473. The van der Waals surface area contributed by atoms with Gasteiger partial charge in [-0.3, -0.25) is 9.59 Å². The Balaban J connectivity index is 3.33. The summed E-state index contributed by atoms with van der Waals surface area (Å²) in [6, 6.07) is 2.91. The maximum atomic E-state index is 11.5. The van der Waals surface area contributed by atoms with E-state index < -0.39 is 5.97 Å². The third kappa shape index (κ3) is 2.98. The number of carbonyl (C=O) groups is 2. The van der Waals surface area contributed by atoms with Crippen molar-refractivity contribution in [3.05, 3.63) is 17.7 Å². The standard InChI is InChI=1S/C12H15NO5/c1-7(14)18-12-10(16-2)4-8(9(15)6-13)5-11(12)17-3/h4-5H,6,13H2,1-3H3. The molecule has 0 aromatic heterocycles. The average Bonchev–Trinajstić information content (AvgIpc) is 2.37. The van der Waals surface area contributed by atoms with Gasteiger partial charge in [0.25, 0.3) is 0 Å². The van der Waals surface area contributed by atoms with E-state index in [9.17, 15) is 9.59 Å². The Labute approximate surface area is 105 Å². The van der Waals surface area contributed by atoms with Gasteiger partial charge >= 0.3 is 5.97 Å². The summed E-state index contributed by atoms with van der Waals surface area (Å²) in [7, 11) is 2.80. The van der Waals surface area contributed by atoms with Crippen LogP contribution in [0.4, 0.5) is 0 Å². The molecule has 98 valence electrons. The number of hydrogen-bond donors (Lipinski definition) is 1. The second-order valence-electron chi connectivity index (χ2n) is 3.43. The highest BCUT2D eigenvalue weighted by atomic mass is 16.6. The number of ether oxygens (including phenoxy) is 3. The van der Waals surface area contributed by atoms with E-state index >= 15 is 0 Å². The highest BCUT2D eigenvalue weighted by Crippen LogP contribution is 2.38. The molecule has 1 rings (SSSR count). The Kier molecular flexibility index (Phi) is 4.67. The monoisotopic (exact) mass is 253 g/mol. The van der Waals surface area contributed by atoms with Gasteiger partial charge < -0.3 is 19.9 Å². The van der Waals surface area contributed by atoms with Crippen LogP contribution in [0.25, 0.3) is 0 Å². The molecule has 6 heteroatoms. The van der Waals surface area contributed by atoms with Gasteiger partial charge in [-0.2, -0.15) is 0 Å². The smallest absolute Gasteiger partial charge is 0.308 e. The van der Waals surface area contributed by atoms with Crippen LogP contribution in [-0.4, -0.2) is 32.5 Å². The molecule has 0 saturated heterocycles. The van der Waals surface area contributed by atoms with Gasteiger partial charge in [-0.25, -0.2) is 0 Å². The fourth-order valence-corrected chi connectivity index (χ4v) is 1.40. The molecule has 0 radical (unpaired) electrons. The molecule has 0 fully saturated rings. The molecule has 0 aliphatic carbocycles. The van der Waals surface area contributed by atoms with Gasteiger partial charge in [0.15, 0.2) is 17.3 Å². The summed E-state index contributed by atoms with van der Waals surface area (Å²) in [6.45, 7) is 1.14. The highest BCUT2D eigenvalue weighted by Gasteiger charge is 2.18. The van der Waals surface area contributed by atoms with Gasteiger partial charge in [0.2, 0.25) is 5.75 Å². The number of Topliss-reactive ketones (excluding diaryl/α,β-unsaturated/α-hetero) is 1. The lowest BCUT2D eigenvalue weighted by Crippen LogP contribution is -2.14. The lowest BCUT2D eigenvalue weighted by molar-refractivity contribution is -0.132. The summed E-state index contributed by atoms with van der Waals surface area (Å²) >= 11 is 0. The minimum Gasteiger partial charge on any atom is -0.493 e. The van der Waals surface area contributed by atoms with Gasteiger partial charge in [-0.1, -0.05) is 0 Å². The maximum Gasteiger partial charge on any atom is 0.308 e. The molecule has 0 aliphatic rings. The van der Waals surface area contributed by atoms with Gasteiger partial charge in [0.1, 0.15) is 0 Å². The third-order valence-corrected chi connectivity index (χ3v) is 2.21. The van der Waals surface area contributed by atoms with Crippen LogP contribution in [0.5, 0.6) is 17.2 Å². The molecule has 1 aromatic carbocycles. The maximum absolute atomic E-state index is 11.5. The number of methoxy groups -OCH3 is 2. The minimum atomic E-state index is -0.510. The van der Waals surface area contributed by atoms with Crippen LogP contribution >= 0.6 is 0 Å². The van der Waals surface area contributed by atoms with Crippen LogP contribution in [0.3, 0.4) is 0 Å². The normalized spacial score (nSPS) is 9.78. The van der Waals surface area contributed by atoms with Crippen LogP contribution in [0.15, 0.2) is 12.1 Å². The topological polar surface area (TPSA) is 87.8 Å². The number of benzene rings is 1. The SMILES string of the molecule is COc1cc(C(=O)CN)cc(OC)c1OC(C)=O. The fraction of sp³-hybridized carbons (Fsp3) is 0.333. The second kappa shape index (κ2) is 6.02. The van der Waals surface area contributed by atoms with E-state index in [0.717, 1.165) is 0 Å². The zero-order chi connectivity index (χ0) is 13.7. The Bertz CT molecular complexity index is 445. The van der Waals surface area contributed by atoms with Crippen LogP contribution in [-0.2, 0) is 4.79 Å². The summed E-state index contributed by atoms with van der Waals surface area (Å²) < 4.78 is 15.1. The predicted octanol–water partition coefficient (Wildman–Crippen LogP) is 0.771. The van der Waals surface area contributed by atoms with Crippen molar-refractivity contribution in [2.24, 2.45) is 5.73 Å². The van der Waals surface area contributed by atoms with E-state index in [1.165, 1.54) is 33.3 Å².